The molecule has 1 aromatic carbocycles. The molecule has 0 aliphatic rings. The highest BCUT2D eigenvalue weighted by Gasteiger charge is 1.98. The quantitative estimate of drug-likeness (QED) is 0.612. The van der Waals surface area contributed by atoms with Crippen LogP contribution >= 0.6 is 11.6 Å². The highest BCUT2D eigenvalue weighted by atomic mass is 35.5. The molecular formula is C10H10ClNO2. The van der Waals surface area contributed by atoms with E-state index in [1.54, 1.807) is 19.2 Å². The van der Waals surface area contributed by atoms with Gasteiger partial charge in [-0.1, -0.05) is 23.7 Å². The lowest BCUT2D eigenvalue weighted by molar-refractivity contribution is -0.123. The van der Waals surface area contributed by atoms with E-state index < -0.39 is 0 Å². The summed E-state index contributed by atoms with van der Waals surface area (Å²) in [6, 6.07) is 7.20. The van der Waals surface area contributed by atoms with Crippen LogP contribution in [0.2, 0.25) is 5.02 Å². The van der Waals surface area contributed by atoms with Crippen LogP contribution < -0.4 is 5.32 Å². The van der Waals surface area contributed by atoms with Gasteiger partial charge in [0.2, 0.25) is 0 Å². The molecule has 0 aliphatic carbocycles. The maximum Gasteiger partial charge on any atom is 0.297 e. The highest BCUT2D eigenvalue weighted by molar-refractivity contribution is 6.30. The molecule has 0 bridgehead atoms. The Bertz CT molecular complexity index is 332. The molecule has 4 heteroatoms. The number of benzene rings is 1. The van der Waals surface area contributed by atoms with E-state index in [1.807, 2.05) is 12.1 Å². The topological polar surface area (TPSA) is 38.3 Å². The van der Waals surface area contributed by atoms with E-state index in [0.29, 0.717) is 17.2 Å². The largest absolute Gasteiger partial charge is 0.434 e. The summed E-state index contributed by atoms with van der Waals surface area (Å²) in [6.45, 7) is 0.368. The SMILES string of the molecule is CN/C(=C\OC=O)c1ccc(Cl)cc1. The fraction of sp³-hybridized carbons (Fsp3) is 0.100. The molecule has 0 spiro atoms. The molecule has 0 unspecified atom stereocenters. The van der Waals surface area contributed by atoms with Crippen LogP contribution in [0.1, 0.15) is 5.56 Å². The summed E-state index contributed by atoms with van der Waals surface area (Å²) in [5.74, 6) is 0. The zero-order chi connectivity index (χ0) is 10.4. The van der Waals surface area contributed by atoms with E-state index in [4.69, 9.17) is 11.6 Å². The van der Waals surface area contributed by atoms with E-state index in [0.717, 1.165) is 5.56 Å². The van der Waals surface area contributed by atoms with Crippen LogP contribution in [0.25, 0.3) is 5.70 Å². The minimum Gasteiger partial charge on any atom is -0.434 e. The Labute approximate surface area is 87.3 Å². The van der Waals surface area contributed by atoms with Crippen molar-refractivity contribution in [1.29, 1.82) is 0 Å². The Balaban J connectivity index is 2.89. The number of halogens is 1. The van der Waals surface area contributed by atoms with Gasteiger partial charge >= 0.3 is 0 Å². The number of hydrogen-bond acceptors (Lipinski definition) is 3. The van der Waals surface area contributed by atoms with Gasteiger partial charge in [-0.2, -0.15) is 0 Å². The van der Waals surface area contributed by atoms with Crippen molar-refractivity contribution in [2.45, 2.75) is 0 Å². The lowest BCUT2D eigenvalue weighted by Gasteiger charge is -2.05. The van der Waals surface area contributed by atoms with Gasteiger partial charge in [0.15, 0.2) is 0 Å². The fourth-order valence-corrected chi connectivity index (χ4v) is 1.12. The zero-order valence-corrected chi connectivity index (χ0v) is 8.41. The molecule has 74 valence electrons. The van der Waals surface area contributed by atoms with Gasteiger partial charge in [0.1, 0.15) is 6.26 Å². The minimum absolute atomic E-state index is 0.368. The molecule has 0 radical (unpaired) electrons. The van der Waals surface area contributed by atoms with Crippen LogP contribution in [0.4, 0.5) is 0 Å². The van der Waals surface area contributed by atoms with Gasteiger partial charge in [-0.3, -0.25) is 4.79 Å². The third-order valence-corrected chi connectivity index (χ3v) is 1.92. The second-order valence-corrected chi connectivity index (χ2v) is 2.96. The summed E-state index contributed by atoms with van der Waals surface area (Å²) in [4.78, 5) is 9.99. The minimum atomic E-state index is 0.368. The summed E-state index contributed by atoms with van der Waals surface area (Å²) < 4.78 is 4.53. The molecular weight excluding hydrogens is 202 g/mol. The van der Waals surface area contributed by atoms with E-state index >= 15 is 0 Å². The average Bonchev–Trinajstić information content (AvgIpc) is 2.21. The molecule has 1 N–H and O–H groups in total. The number of hydrogen-bond donors (Lipinski definition) is 1. The number of carbonyl (C=O) groups excluding carboxylic acids is 1. The van der Waals surface area contributed by atoms with Gasteiger partial charge in [-0.15, -0.1) is 0 Å². The molecule has 0 aliphatic heterocycles. The van der Waals surface area contributed by atoms with Crippen molar-refractivity contribution in [2.24, 2.45) is 0 Å². The smallest absolute Gasteiger partial charge is 0.297 e. The maximum absolute atomic E-state index is 9.99. The van der Waals surface area contributed by atoms with Crippen molar-refractivity contribution >= 4 is 23.8 Å². The first-order chi connectivity index (χ1) is 6.77. The molecule has 1 rings (SSSR count). The number of nitrogens with one attached hydrogen (secondary N) is 1. The summed E-state index contributed by atoms with van der Waals surface area (Å²) in [7, 11) is 1.74. The first kappa shape index (κ1) is 10.6. The van der Waals surface area contributed by atoms with Crippen molar-refractivity contribution in [3.05, 3.63) is 41.1 Å². The van der Waals surface area contributed by atoms with Gasteiger partial charge < -0.3 is 10.1 Å². The lowest BCUT2D eigenvalue weighted by Crippen LogP contribution is -2.04. The molecule has 0 heterocycles. The Kier molecular flexibility index (Phi) is 4.01. The van der Waals surface area contributed by atoms with Crippen LogP contribution in [-0.2, 0) is 9.53 Å². The van der Waals surface area contributed by atoms with Crippen molar-refractivity contribution in [1.82, 2.24) is 5.32 Å². The van der Waals surface area contributed by atoms with Gasteiger partial charge in [0.25, 0.3) is 6.47 Å². The summed E-state index contributed by atoms with van der Waals surface area (Å²) in [5, 5.41) is 3.57. The number of ether oxygens (including phenoxy) is 1. The Morgan fingerprint density at radius 3 is 2.57 bits per heavy atom. The summed E-state index contributed by atoms with van der Waals surface area (Å²) in [5.41, 5.74) is 1.62. The third-order valence-electron chi connectivity index (χ3n) is 1.67. The molecule has 0 saturated carbocycles. The van der Waals surface area contributed by atoms with Crippen molar-refractivity contribution in [3.63, 3.8) is 0 Å². The Hall–Kier alpha value is -1.48. The average molecular weight is 212 g/mol. The van der Waals surface area contributed by atoms with E-state index in [-0.39, 0.29) is 0 Å². The van der Waals surface area contributed by atoms with Crippen LogP contribution in [0.15, 0.2) is 30.5 Å². The lowest BCUT2D eigenvalue weighted by atomic mass is 10.2. The Morgan fingerprint density at radius 1 is 1.43 bits per heavy atom. The number of rotatable bonds is 4. The molecule has 1 aromatic rings. The molecule has 0 atom stereocenters. The summed E-state index contributed by atoms with van der Waals surface area (Å²) >= 11 is 5.74. The van der Waals surface area contributed by atoms with Crippen molar-refractivity contribution in [2.75, 3.05) is 7.05 Å². The Morgan fingerprint density at radius 2 is 2.07 bits per heavy atom. The van der Waals surface area contributed by atoms with Crippen LogP contribution in [0.5, 0.6) is 0 Å². The molecule has 0 saturated heterocycles. The number of carbonyl (C=O) groups is 1. The normalized spacial score (nSPS) is 10.9. The first-order valence-corrected chi connectivity index (χ1v) is 4.38. The predicted octanol–water partition coefficient (Wildman–Crippen LogP) is 2.03. The highest BCUT2D eigenvalue weighted by Crippen LogP contribution is 2.15. The second-order valence-electron chi connectivity index (χ2n) is 2.52. The standard InChI is InChI=1S/C10H10ClNO2/c1-12-10(6-14-7-13)8-2-4-9(11)5-3-8/h2-7,12H,1H3/b10-6-. The molecule has 3 nitrogen and oxygen atoms in total. The summed E-state index contributed by atoms with van der Waals surface area (Å²) in [6.07, 6.45) is 1.34. The van der Waals surface area contributed by atoms with Crippen LogP contribution in [0.3, 0.4) is 0 Å². The van der Waals surface area contributed by atoms with Gasteiger partial charge in [-0.05, 0) is 12.1 Å². The molecule has 14 heavy (non-hydrogen) atoms. The fourth-order valence-electron chi connectivity index (χ4n) is 0.997. The van der Waals surface area contributed by atoms with Crippen molar-refractivity contribution < 1.29 is 9.53 Å². The molecule has 0 aromatic heterocycles. The van der Waals surface area contributed by atoms with Gasteiger partial charge in [0.05, 0.1) is 5.70 Å². The molecule has 0 fully saturated rings. The van der Waals surface area contributed by atoms with E-state index in [9.17, 15) is 4.79 Å². The van der Waals surface area contributed by atoms with Gasteiger partial charge in [-0.25, -0.2) is 0 Å². The zero-order valence-electron chi connectivity index (χ0n) is 7.66. The van der Waals surface area contributed by atoms with Crippen molar-refractivity contribution in [3.8, 4) is 0 Å². The van der Waals surface area contributed by atoms with Gasteiger partial charge in [0, 0.05) is 17.6 Å². The van der Waals surface area contributed by atoms with E-state index in [2.05, 4.69) is 10.1 Å². The van der Waals surface area contributed by atoms with Crippen LogP contribution in [-0.4, -0.2) is 13.5 Å². The monoisotopic (exact) mass is 211 g/mol. The predicted molar refractivity (Wildman–Crippen MR) is 55.6 cm³/mol. The molecule has 0 amide bonds. The maximum atomic E-state index is 9.99. The van der Waals surface area contributed by atoms with E-state index in [1.165, 1.54) is 6.26 Å². The first-order valence-electron chi connectivity index (χ1n) is 4.01. The third kappa shape index (κ3) is 2.78. The second kappa shape index (κ2) is 5.29. The van der Waals surface area contributed by atoms with Crippen LogP contribution in [0, 0.1) is 0 Å².